The molecule has 1 fully saturated rings. The van der Waals surface area contributed by atoms with Crippen molar-refractivity contribution in [1.29, 1.82) is 0 Å². The van der Waals surface area contributed by atoms with Crippen molar-refractivity contribution in [3.05, 3.63) is 89.5 Å². The zero-order chi connectivity index (χ0) is 24.8. The lowest BCUT2D eigenvalue weighted by molar-refractivity contribution is -0.137. The van der Waals surface area contributed by atoms with Gasteiger partial charge < -0.3 is 10.1 Å². The first-order chi connectivity index (χ1) is 16.8. The molecular weight excluding hydrogens is 457 g/mol. The molecule has 0 unspecified atom stereocenters. The monoisotopic (exact) mass is 482 g/mol. The van der Waals surface area contributed by atoms with Crippen LogP contribution >= 0.6 is 0 Å². The fraction of sp³-hybridized carbons (Fsp3) is 0.259. The Labute approximate surface area is 201 Å². The van der Waals surface area contributed by atoms with Crippen molar-refractivity contribution >= 4 is 17.4 Å². The Morgan fingerprint density at radius 2 is 1.54 bits per heavy atom. The number of carbonyl (C=O) groups is 2. The van der Waals surface area contributed by atoms with E-state index in [1.807, 2.05) is 54.6 Å². The van der Waals surface area contributed by atoms with Crippen LogP contribution in [0, 0.1) is 0 Å². The Bertz CT molecular complexity index is 1170. The van der Waals surface area contributed by atoms with E-state index in [2.05, 4.69) is 5.32 Å². The predicted molar refractivity (Wildman–Crippen MR) is 127 cm³/mol. The molecule has 1 N–H and O–H groups in total. The van der Waals surface area contributed by atoms with E-state index in [0.717, 1.165) is 34.9 Å². The summed E-state index contributed by atoms with van der Waals surface area (Å²) in [4.78, 5) is 27.1. The predicted octanol–water partition coefficient (Wildman–Crippen LogP) is 5.07. The molecule has 0 aromatic heterocycles. The number of anilines is 1. The summed E-state index contributed by atoms with van der Waals surface area (Å²) in [6.45, 7) is 1.95. The summed E-state index contributed by atoms with van der Waals surface area (Å²) in [7, 11) is 0. The van der Waals surface area contributed by atoms with Gasteiger partial charge in [0.1, 0.15) is 0 Å². The van der Waals surface area contributed by atoms with Crippen molar-refractivity contribution in [3.63, 3.8) is 0 Å². The number of Topliss-reactive ketones (excluding diaryl/α,β-unsaturated/α-hetero) is 1. The molecule has 0 saturated carbocycles. The standard InChI is InChI=1S/C27H25F3N2O3/c28-27(29,30)23-11-10-22(17-24(23)31-26(34)18-32-12-14-35-15-13-32)25(33)16-19-6-8-21(9-7-19)20-4-2-1-3-5-20/h1-11,17H,12-16,18H2,(H,31,34). The Morgan fingerprint density at radius 1 is 0.886 bits per heavy atom. The number of carbonyl (C=O) groups excluding carboxylic acids is 2. The van der Waals surface area contributed by atoms with E-state index in [1.165, 1.54) is 0 Å². The molecule has 5 nitrogen and oxygen atoms in total. The number of halogens is 3. The molecule has 1 amide bonds. The SMILES string of the molecule is O=C(CN1CCOCC1)Nc1cc(C(=O)Cc2ccc(-c3ccccc3)cc2)ccc1C(F)(F)F. The van der Waals surface area contributed by atoms with Crippen molar-refractivity contribution in [2.45, 2.75) is 12.6 Å². The van der Waals surface area contributed by atoms with Gasteiger partial charge in [-0.1, -0.05) is 60.7 Å². The van der Waals surface area contributed by atoms with Crippen LogP contribution in [0.2, 0.25) is 0 Å². The maximum atomic E-state index is 13.6. The summed E-state index contributed by atoms with van der Waals surface area (Å²) in [6.07, 6.45) is -4.64. The van der Waals surface area contributed by atoms with E-state index in [4.69, 9.17) is 4.74 Å². The lowest BCUT2D eigenvalue weighted by atomic mass is 9.98. The first-order valence-corrected chi connectivity index (χ1v) is 11.3. The maximum absolute atomic E-state index is 13.6. The van der Waals surface area contributed by atoms with E-state index < -0.39 is 23.3 Å². The first kappa shape index (κ1) is 24.6. The quantitative estimate of drug-likeness (QED) is 0.478. The van der Waals surface area contributed by atoms with E-state index >= 15 is 0 Å². The number of hydrogen-bond acceptors (Lipinski definition) is 4. The molecule has 1 aliphatic heterocycles. The number of hydrogen-bond donors (Lipinski definition) is 1. The van der Waals surface area contributed by atoms with Gasteiger partial charge in [-0.2, -0.15) is 13.2 Å². The van der Waals surface area contributed by atoms with Gasteiger partial charge in [0.2, 0.25) is 5.91 Å². The lowest BCUT2D eigenvalue weighted by Gasteiger charge is -2.26. The number of rotatable bonds is 7. The van der Waals surface area contributed by atoms with Crippen molar-refractivity contribution in [1.82, 2.24) is 4.90 Å². The van der Waals surface area contributed by atoms with E-state index in [1.54, 1.807) is 4.90 Å². The third-order valence-corrected chi connectivity index (χ3v) is 5.82. The van der Waals surface area contributed by atoms with E-state index in [0.29, 0.717) is 26.3 Å². The molecule has 1 heterocycles. The number of ketones is 1. The number of morpholine rings is 1. The second-order valence-electron chi connectivity index (χ2n) is 8.36. The first-order valence-electron chi connectivity index (χ1n) is 11.3. The largest absolute Gasteiger partial charge is 0.418 e. The number of nitrogens with one attached hydrogen (secondary N) is 1. The highest BCUT2D eigenvalue weighted by atomic mass is 19.4. The summed E-state index contributed by atoms with van der Waals surface area (Å²) < 4.78 is 45.9. The minimum Gasteiger partial charge on any atom is -0.379 e. The summed E-state index contributed by atoms with van der Waals surface area (Å²) in [5.41, 5.74) is 1.49. The highest BCUT2D eigenvalue weighted by molar-refractivity contribution is 6.00. The van der Waals surface area contributed by atoms with Crippen LogP contribution in [0.15, 0.2) is 72.8 Å². The molecule has 3 aromatic rings. The Kier molecular flexibility index (Phi) is 7.63. The van der Waals surface area contributed by atoms with Crippen LogP contribution in [-0.2, 0) is 22.1 Å². The molecular formula is C27H25F3N2O3. The Hall–Kier alpha value is -3.49. The summed E-state index contributed by atoms with van der Waals surface area (Å²) in [5.74, 6) is -0.909. The third kappa shape index (κ3) is 6.55. The smallest absolute Gasteiger partial charge is 0.379 e. The topological polar surface area (TPSA) is 58.6 Å². The van der Waals surface area contributed by atoms with Crippen LogP contribution in [0.3, 0.4) is 0 Å². The Morgan fingerprint density at radius 3 is 2.20 bits per heavy atom. The second-order valence-corrected chi connectivity index (χ2v) is 8.36. The van der Waals surface area contributed by atoms with Gasteiger partial charge in [0.15, 0.2) is 5.78 Å². The third-order valence-electron chi connectivity index (χ3n) is 5.82. The zero-order valence-corrected chi connectivity index (χ0v) is 19.0. The molecule has 0 spiro atoms. The molecule has 0 bridgehead atoms. The van der Waals surface area contributed by atoms with E-state index in [9.17, 15) is 22.8 Å². The molecule has 0 radical (unpaired) electrons. The molecule has 4 rings (SSSR count). The van der Waals surface area contributed by atoms with Gasteiger partial charge in [0.25, 0.3) is 0 Å². The van der Waals surface area contributed by atoms with Crippen LogP contribution in [0.4, 0.5) is 18.9 Å². The normalized spacial score (nSPS) is 14.5. The number of benzene rings is 3. The van der Waals surface area contributed by atoms with Gasteiger partial charge in [-0.15, -0.1) is 0 Å². The van der Waals surface area contributed by atoms with Crippen LogP contribution in [0.25, 0.3) is 11.1 Å². The lowest BCUT2D eigenvalue weighted by Crippen LogP contribution is -2.41. The van der Waals surface area contributed by atoms with Crippen LogP contribution in [-0.4, -0.2) is 49.4 Å². The van der Waals surface area contributed by atoms with Gasteiger partial charge >= 0.3 is 6.18 Å². The van der Waals surface area contributed by atoms with Gasteiger partial charge in [0.05, 0.1) is 31.0 Å². The van der Waals surface area contributed by atoms with Crippen molar-refractivity contribution < 1.29 is 27.5 Å². The van der Waals surface area contributed by atoms with E-state index in [-0.39, 0.29) is 24.3 Å². The number of nitrogens with zero attached hydrogens (tertiary/aromatic N) is 1. The average Bonchev–Trinajstić information content (AvgIpc) is 2.85. The maximum Gasteiger partial charge on any atom is 0.418 e. The molecule has 0 aliphatic carbocycles. The van der Waals surface area contributed by atoms with Gasteiger partial charge in [-0.05, 0) is 28.8 Å². The highest BCUT2D eigenvalue weighted by Gasteiger charge is 2.34. The van der Waals surface area contributed by atoms with Gasteiger partial charge in [0, 0.05) is 25.1 Å². The highest BCUT2D eigenvalue weighted by Crippen LogP contribution is 2.35. The molecule has 1 saturated heterocycles. The molecule has 3 aromatic carbocycles. The minimum atomic E-state index is -4.67. The summed E-state index contributed by atoms with van der Waals surface area (Å²) in [6, 6.07) is 20.4. The second kappa shape index (κ2) is 10.8. The van der Waals surface area contributed by atoms with Crippen LogP contribution < -0.4 is 5.32 Å². The van der Waals surface area contributed by atoms with Crippen LogP contribution in [0.5, 0.6) is 0 Å². The summed E-state index contributed by atoms with van der Waals surface area (Å²) in [5, 5.41) is 2.36. The molecule has 8 heteroatoms. The minimum absolute atomic E-state index is 0.0294. The fourth-order valence-corrected chi connectivity index (χ4v) is 3.95. The number of alkyl halides is 3. The molecule has 35 heavy (non-hydrogen) atoms. The van der Waals surface area contributed by atoms with Crippen molar-refractivity contribution in [3.8, 4) is 11.1 Å². The zero-order valence-electron chi connectivity index (χ0n) is 19.0. The molecule has 1 aliphatic rings. The van der Waals surface area contributed by atoms with Crippen LogP contribution in [0.1, 0.15) is 21.5 Å². The molecule has 0 atom stereocenters. The summed E-state index contributed by atoms with van der Waals surface area (Å²) >= 11 is 0. The number of ether oxygens (including phenoxy) is 1. The van der Waals surface area contributed by atoms with Crippen molar-refractivity contribution in [2.75, 3.05) is 38.2 Å². The van der Waals surface area contributed by atoms with Gasteiger partial charge in [-0.3, -0.25) is 14.5 Å². The van der Waals surface area contributed by atoms with Gasteiger partial charge in [-0.25, -0.2) is 0 Å². The van der Waals surface area contributed by atoms with Crippen molar-refractivity contribution in [2.24, 2.45) is 0 Å². The Balaban J connectivity index is 1.48. The molecule has 182 valence electrons. The fourth-order valence-electron chi connectivity index (χ4n) is 3.95. The average molecular weight is 483 g/mol. The number of amides is 1.